The smallest absolute Gasteiger partial charge is 0.220 e. The summed E-state index contributed by atoms with van der Waals surface area (Å²) in [6.07, 6.45) is 0.601. The molecule has 1 saturated heterocycles. The Balaban J connectivity index is 2.17. The Hall–Kier alpha value is -1.51. The molecule has 1 heterocycles. The molecule has 1 aliphatic heterocycles. The summed E-state index contributed by atoms with van der Waals surface area (Å²) in [5, 5.41) is 2.81. The topological polar surface area (TPSA) is 55.1 Å². The van der Waals surface area contributed by atoms with Gasteiger partial charge in [-0.05, 0) is 17.7 Å². The zero-order valence-electron chi connectivity index (χ0n) is 7.29. The van der Waals surface area contributed by atoms with Crippen molar-refractivity contribution in [2.75, 3.05) is 12.3 Å². The summed E-state index contributed by atoms with van der Waals surface area (Å²) in [6.45, 7) is 0.753. The molecule has 3 nitrogen and oxygen atoms in total. The van der Waals surface area contributed by atoms with Gasteiger partial charge < -0.3 is 11.1 Å². The van der Waals surface area contributed by atoms with E-state index in [0.717, 1.165) is 12.2 Å². The summed E-state index contributed by atoms with van der Waals surface area (Å²) in [7, 11) is 0. The fourth-order valence-corrected chi connectivity index (χ4v) is 1.61. The van der Waals surface area contributed by atoms with E-state index in [2.05, 4.69) is 5.32 Å². The predicted molar refractivity (Wildman–Crippen MR) is 51.2 cm³/mol. The Kier molecular flexibility index (Phi) is 1.93. The van der Waals surface area contributed by atoms with Gasteiger partial charge in [-0.25, -0.2) is 0 Å². The molecule has 2 rings (SSSR count). The number of carbonyl (C=O) groups excluding carboxylic acids is 1. The number of hydrogen-bond donors (Lipinski definition) is 2. The molecule has 13 heavy (non-hydrogen) atoms. The Morgan fingerprint density at radius 1 is 1.31 bits per heavy atom. The van der Waals surface area contributed by atoms with Crippen LogP contribution in [0.4, 0.5) is 5.69 Å². The van der Waals surface area contributed by atoms with Gasteiger partial charge in [-0.2, -0.15) is 0 Å². The van der Waals surface area contributed by atoms with Crippen molar-refractivity contribution in [3.8, 4) is 0 Å². The van der Waals surface area contributed by atoms with Crippen LogP contribution in [0.25, 0.3) is 0 Å². The molecule has 0 unspecified atom stereocenters. The molecule has 3 heteroatoms. The van der Waals surface area contributed by atoms with Gasteiger partial charge >= 0.3 is 0 Å². The van der Waals surface area contributed by atoms with Gasteiger partial charge in [0, 0.05) is 24.6 Å². The standard InChI is InChI=1S/C10H12N2O/c11-9-3-1-7(2-4-9)8-5-10(13)12-6-8/h1-4,8H,5-6,11H2,(H,12,13)/t8-/m1/s1. The zero-order chi connectivity index (χ0) is 9.26. The van der Waals surface area contributed by atoms with Gasteiger partial charge in [-0.15, -0.1) is 0 Å². The second-order valence-corrected chi connectivity index (χ2v) is 3.37. The van der Waals surface area contributed by atoms with Crippen molar-refractivity contribution in [1.29, 1.82) is 0 Å². The first-order valence-corrected chi connectivity index (χ1v) is 4.38. The van der Waals surface area contributed by atoms with Crippen LogP contribution in [0.5, 0.6) is 0 Å². The van der Waals surface area contributed by atoms with Crippen LogP contribution in [0, 0.1) is 0 Å². The van der Waals surface area contributed by atoms with Crippen LogP contribution in [-0.2, 0) is 4.79 Å². The van der Waals surface area contributed by atoms with Crippen molar-refractivity contribution in [3.63, 3.8) is 0 Å². The summed E-state index contributed by atoms with van der Waals surface area (Å²) >= 11 is 0. The third kappa shape index (κ3) is 1.64. The lowest BCUT2D eigenvalue weighted by atomic mass is 9.98. The van der Waals surface area contributed by atoms with E-state index < -0.39 is 0 Å². The highest BCUT2D eigenvalue weighted by molar-refractivity contribution is 5.79. The summed E-state index contributed by atoms with van der Waals surface area (Å²) in [5.74, 6) is 0.468. The highest BCUT2D eigenvalue weighted by atomic mass is 16.1. The molecule has 0 radical (unpaired) electrons. The van der Waals surface area contributed by atoms with Crippen molar-refractivity contribution in [2.24, 2.45) is 0 Å². The monoisotopic (exact) mass is 176 g/mol. The van der Waals surface area contributed by atoms with E-state index in [0.29, 0.717) is 12.3 Å². The second kappa shape index (κ2) is 3.09. The molecular formula is C10H12N2O. The lowest BCUT2D eigenvalue weighted by Crippen LogP contribution is -2.13. The third-order valence-electron chi connectivity index (χ3n) is 2.39. The lowest BCUT2D eigenvalue weighted by Gasteiger charge is -2.06. The fourth-order valence-electron chi connectivity index (χ4n) is 1.61. The third-order valence-corrected chi connectivity index (χ3v) is 2.39. The SMILES string of the molecule is Nc1ccc([C@H]2CNC(=O)C2)cc1. The highest BCUT2D eigenvalue weighted by Gasteiger charge is 2.22. The molecule has 3 N–H and O–H groups in total. The van der Waals surface area contributed by atoms with Crippen LogP contribution >= 0.6 is 0 Å². The van der Waals surface area contributed by atoms with E-state index in [-0.39, 0.29) is 5.91 Å². The summed E-state index contributed by atoms with van der Waals surface area (Å²) in [5.41, 5.74) is 7.52. The van der Waals surface area contributed by atoms with Gasteiger partial charge in [-0.1, -0.05) is 12.1 Å². The molecule has 0 saturated carbocycles. The first kappa shape index (κ1) is 8.10. The average molecular weight is 176 g/mol. The summed E-state index contributed by atoms with van der Waals surface area (Å²) in [4.78, 5) is 11.0. The minimum atomic E-state index is 0.141. The first-order chi connectivity index (χ1) is 6.25. The molecule has 1 aliphatic rings. The van der Waals surface area contributed by atoms with Gasteiger partial charge in [0.1, 0.15) is 0 Å². The van der Waals surface area contributed by atoms with Crippen LogP contribution in [0.2, 0.25) is 0 Å². The number of carbonyl (C=O) groups is 1. The maximum Gasteiger partial charge on any atom is 0.220 e. The number of hydrogen-bond acceptors (Lipinski definition) is 2. The predicted octanol–water partition coefficient (Wildman–Crippen LogP) is 0.872. The Bertz CT molecular complexity index is 318. The number of nitrogens with one attached hydrogen (secondary N) is 1. The number of benzene rings is 1. The lowest BCUT2D eigenvalue weighted by molar-refractivity contribution is -0.119. The van der Waals surface area contributed by atoms with Crippen LogP contribution < -0.4 is 11.1 Å². The molecule has 0 aliphatic carbocycles. The van der Waals surface area contributed by atoms with Gasteiger partial charge in [0.15, 0.2) is 0 Å². The number of nitrogen functional groups attached to an aromatic ring is 1. The van der Waals surface area contributed by atoms with E-state index in [1.165, 1.54) is 5.56 Å². The van der Waals surface area contributed by atoms with Gasteiger partial charge in [0.2, 0.25) is 5.91 Å². The molecule has 0 bridgehead atoms. The van der Waals surface area contributed by atoms with Gasteiger partial charge in [0.25, 0.3) is 0 Å². The van der Waals surface area contributed by atoms with Crippen molar-refractivity contribution in [2.45, 2.75) is 12.3 Å². The molecule has 0 spiro atoms. The molecular weight excluding hydrogens is 164 g/mol. The zero-order valence-corrected chi connectivity index (χ0v) is 7.29. The second-order valence-electron chi connectivity index (χ2n) is 3.37. The number of anilines is 1. The first-order valence-electron chi connectivity index (χ1n) is 4.38. The Morgan fingerprint density at radius 2 is 2.00 bits per heavy atom. The fraction of sp³-hybridized carbons (Fsp3) is 0.300. The van der Waals surface area contributed by atoms with Crippen LogP contribution in [0.3, 0.4) is 0 Å². The maximum absolute atomic E-state index is 11.0. The van der Waals surface area contributed by atoms with E-state index in [4.69, 9.17) is 5.73 Å². The largest absolute Gasteiger partial charge is 0.399 e. The van der Waals surface area contributed by atoms with Crippen LogP contribution in [-0.4, -0.2) is 12.5 Å². The van der Waals surface area contributed by atoms with Crippen molar-refractivity contribution in [3.05, 3.63) is 29.8 Å². The molecule has 68 valence electrons. The maximum atomic E-state index is 11.0. The molecule has 1 amide bonds. The number of nitrogens with two attached hydrogens (primary N) is 1. The number of amides is 1. The molecule has 1 atom stereocenters. The van der Waals surface area contributed by atoms with E-state index in [1.807, 2.05) is 24.3 Å². The summed E-state index contributed by atoms with van der Waals surface area (Å²) in [6, 6.07) is 7.72. The van der Waals surface area contributed by atoms with Gasteiger partial charge in [0.05, 0.1) is 0 Å². The minimum absolute atomic E-state index is 0.141. The Morgan fingerprint density at radius 3 is 2.54 bits per heavy atom. The van der Waals surface area contributed by atoms with Crippen molar-refractivity contribution < 1.29 is 4.79 Å². The van der Waals surface area contributed by atoms with E-state index in [1.54, 1.807) is 0 Å². The molecule has 1 fully saturated rings. The Labute approximate surface area is 76.9 Å². The summed E-state index contributed by atoms with van der Waals surface area (Å²) < 4.78 is 0. The van der Waals surface area contributed by atoms with E-state index >= 15 is 0 Å². The van der Waals surface area contributed by atoms with Crippen molar-refractivity contribution >= 4 is 11.6 Å². The number of rotatable bonds is 1. The quantitative estimate of drug-likeness (QED) is 0.624. The van der Waals surface area contributed by atoms with Crippen LogP contribution in [0.15, 0.2) is 24.3 Å². The molecule has 1 aromatic rings. The molecule has 1 aromatic carbocycles. The van der Waals surface area contributed by atoms with Gasteiger partial charge in [-0.3, -0.25) is 4.79 Å². The van der Waals surface area contributed by atoms with Crippen molar-refractivity contribution in [1.82, 2.24) is 5.32 Å². The minimum Gasteiger partial charge on any atom is -0.399 e. The highest BCUT2D eigenvalue weighted by Crippen LogP contribution is 2.23. The molecule has 0 aromatic heterocycles. The van der Waals surface area contributed by atoms with Crippen LogP contribution in [0.1, 0.15) is 17.9 Å². The average Bonchev–Trinajstić information content (AvgIpc) is 2.53. The normalized spacial score (nSPS) is 21.5. The van der Waals surface area contributed by atoms with E-state index in [9.17, 15) is 4.79 Å².